The van der Waals surface area contributed by atoms with E-state index in [-0.39, 0.29) is 24.1 Å². The molecule has 1 aliphatic heterocycles. The van der Waals surface area contributed by atoms with Crippen LogP contribution in [0, 0.1) is 0 Å². The molecule has 3 unspecified atom stereocenters. The molecule has 0 aromatic heterocycles. The first kappa shape index (κ1) is 12.4. The first-order valence-electron chi connectivity index (χ1n) is 7.50. The number of hydrogen-bond donors (Lipinski definition) is 2. The summed E-state index contributed by atoms with van der Waals surface area (Å²) in [6.07, 6.45) is 8.25. The number of hydrogen-bond acceptors (Lipinski definition) is 3. The van der Waals surface area contributed by atoms with Gasteiger partial charge in [-0.1, -0.05) is 12.8 Å². The smallest absolute Gasteiger partial charge is 0.240 e. The van der Waals surface area contributed by atoms with Gasteiger partial charge in [0.1, 0.15) is 0 Å². The molecule has 3 aliphatic rings. The van der Waals surface area contributed by atoms with Crippen molar-refractivity contribution < 1.29 is 9.90 Å². The molecule has 3 rings (SSSR count). The molecule has 18 heavy (non-hydrogen) atoms. The summed E-state index contributed by atoms with van der Waals surface area (Å²) >= 11 is 0. The van der Waals surface area contributed by atoms with E-state index in [0.717, 1.165) is 45.1 Å². The highest BCUT2D eigenvalue weighted by molar-refractivity contribution is 5.83. The summed E-state index contributed by atoms with van der Waals surface area (Å²) < 4.78 is 0. The molecule has 102 valence electrons. The van der Waals surface area contributed by atoms with Gasteiger partial charge in [-0.3, -0.25) is 4.79 Å². The lowest BCUT2D eigenvalue weighted by Crippen LogP contribution is -2.57. The van der Waals surface area contributed by atoms with Crippen LogP contribution in [0.4, 0.5) is 0 Å². The number of piperidine rings is 1. The van der Waals surface area contributed by atoms with Gasteiger partial charge in [0, 0.05) is 12.6 Å². The first-order valence-corrected chi connectivity index (χ1v) is 7.50. The molecular formula is C14H24N2O2. The van der Waals surface area contributed by atoms with Crippen LogP contribution in [0.25, 0.3) is 0 Å². The van der Waals surface area contributed by atoms with Crippen LogP contribution in [0.2, 0.25) is 0 Å². The molecule has 1 amide bonds. The summed E-state index contributed by atoms with van der Waals surface area (Å²) in [5, 5.41) is 13.6. The van der Waals surface area contributed by atoms with Crippen molar-refractivity contribution in [3.8, 4) is 0 Å². The molecule has 0 bridgehead atoms. The molecule has 4 nitrogen and oxygen atoms in total. The van der Waals surface area contributed by atoms with Crippen molar-refractivity contribution in [2.24, 2.45) is 0 Å². The third kappa shape index (κ3) is 2.54. The van der Waals surface area contributed by atoms with Gasteiger partial charge in [-0.15, -0.1) is 0 Å². The monoisotopic (exact) mass is 252 g/mol. The van der Waals surface area contributed by atoms with Gasteiger partial charge in [-0.05, 0) is 38.5 Å². The van der Waals surface area contributed by atoms with Crippen molar-refractivity contribution in [2.75, 3.05) is 6.54 Å². The maximum atomic E-state index is 12.5. The second-order valence-corrected chi connectivity index (χ2v) is 6.09. The van der Waals surface area contributed by atoms with Gasteiger partial charge in [0.2, 0.25) is 5.91 Å². The second-order valence-electron chi connectivity index (χ2n) is 6.09. The Kier molecular flexibility index (Phi) is 3.57. The van der Waals surface area contributed by atoms with Gasteiger partial charge in [0.05, 0.1) is 18.2 Å². The molecule has 0 aromatic carbocycles. The van der Waals surface area contributed by atoms with E-state index in [1.807, 2.05) is 4.90 Å². The van der Waals surface area contributed by atoms with Gasteiger partial charge < -0.3 is 15.3 Å². The average molecular weight is 252 g/mol. The van der Waals surface area contributed by atoms with E-state index in [1.54, 1.807) is 0 Å². The number of rotatable bonds is 3. The van der Waals surface area contributed by atoms with E-state index in [4.69, 9.17) is 0 Å². The minimum absolute atomic E-state index is 0.0142. The van der Waals surface area contributed by atoms with Crippen molar-refractivity contribution in [1.29, 1.82) is 0 Å². The van der Waals surface area contributed by atoms with Crippen LogP contribution < -0.4 is 5.32 Å². The molecule has 2 aliphatic carbocycles. The number of aliphatic hydroxyl groups excluding tert-OH is 1. The van der Waals surface area contributed by atoms with Crippen LogP contribution in [-0.4, -0.2) is 46.7 Å². The van der Waals surface area contributed by atoms with E-state index >= 15 is 0 Å². The summed E-state index contributed by atoms with van der Waals surface area (Å²) in [7, 11) is 0. The topological polar surface area (TPSA) is 52.6 Å². The number of amides is 1. The van der Waals surface area contributed by atoms with E-state index in [2.05, 4.69) is 5.32 Å². The van der Waals surface area contributed by atoms with Gasteiger partial charge in [0.15, 0.2) is 0 Å². The average Bonchev–Trinajstić information content (AvgIpc) is 3.17. The molecule has 3 fully saturated rings. The van der Waals surface area contributed by atoms with Gasteiger partial charge in [-0.25, -0.2) is 0 Å². The number of carbonyl (C=O) groups excluding carboxylic acids is 1. The Labute approximate surface area is 109 Å². The van der Waals surface area contributed by atoms with Gasteiger partial charge in [-0.2, -0.15) is 0 Å². The molecule has 1 heterocycles. The zero-order chi connectivity index (χ0) is 12.5. The summed E-state index contributed by atoms with van der Waals surface area (Å²) in [5.41, 5.74) is 0. The number of nitrogens with zero attached hydrogens (tertiary/aromatic N) is 1. The summed E-state index contributed by atoms with van der Waals surface area (Å²) in [5.74, 6) is 0.235. The lowest BCUT2D eigenvalue weighted by Gasteiger charge is -2.42. The predicted octanol–water partition coefficient (Wildman–Crippen LogP) is 1.03. The Hall–Kier alpha value is -0.610. The normalized spacial score (nSPS) is 37.9. The van der Waals surface area contributed by atoms with E-state index in [1.165, 1.54) is 12.8 Å². The largest absolute Gasteiger partial charge is 0.391 e. The lowest BCUT2D eigenvalue weighted by molar-refractivity contribution is -0.142. The van der Waals surface area contributed by atoms with E-state index < -0.39 is 0 Å². The molecule has 4 heteroatoms. The molecular weight excluding hydrogens is 228 g/mol. The minimum Gasteiger partial charge on any atom is -0.391 e. The third-order valence-electron chi connectivity index (χ3n) is 4.58. The van der Waals surface area contributed by atoms with Crippen LogP contribution in [0.3, 0.4) is 0 Å². The number of likely N-dealkylation sites (tertiary alicyclic amines) is 1. The Balaban J connectivity index is 1.64. The predicted molar refractivity (Wildman–Crippen MR) is 69.2 cm³/mol. The standard InChI is InChI=1S/C14H24N2O2/c17-13-6-2-1-5-12(13)16-9-3-4-11(14(16)18)15-10-7-8-10/h10-13,15,17H,1-9H2. The lowest BCUT2D eigenvalue weighted by atomic mass is 9.89. The van der Waals surface area contributed by atoms with Crippen LogP contribution in [0.5, 0.6) is 0 Å². The van der Waals surface area contributed by atoms with Crippen molar-refractivity contribution >= 4 is 5.91 Å². The fourth-order valence-corrected chi connectivity index (χ4v) is 3.37. The van der Waals surface area contributed by atoms with Crippen LogP contribution in [0.1, 0.15) is 51.4 Å². The molecule has 1 saturated heterocycles. The van der Waals surface area contributed by atoms with E-state index in [9.17, 15) is 9.90 Å². The summed E-state index contributed by atoms with van der Waals surface area (Å²) in [6, 6.07) is 0.672. The number of aliphatic hydroxyl groups is 1. The Morgan fingerprint density at radius 3 is 2.56 bits per heavy atom. The maximum absolute atomic E-state index is 12.5. The maximum Gasteiger partial charge on any atom is 0.240 e. The van der Waals surface area contributed by atoms with Crippen LogP contribution in [0.15, 0.2) is 0 Å². The van der Waals surface area contributed by atoms with Crippen LogP contribution >= 0.6 is 0 Å². The zero-order valence-corrected chi connectivity index (χ0v) is 11.0. The van der Waals surface area contributed by atoms with Crippen LogP contribution in [-0.2, 0) is 4.79 Å². The van der Waals surface area contributed by atoms with Crippen molar-refractivity contribution in [2.45, 2.75) is 75.6 Å². The quantitative estimate of drug-likeness (QED) is 0.789. The summed E-state index contributed by atoms with van der Waals surface area (Å²) in [6.45, 7) is 0.837. The second kappa shape index (κ2) is 5.17. The number of nitrogens with one attached hydrogen (secondary N) is 1. The molecule has 0 spiro atoms. The molecule has 2 N–H and O–H groups in total. The highest BCUT2D eigenvalue weighted by Gasteiger charge is 2.38. The molecule has 2 saturated carbocycles. The fourth-order valence-electron chi connectivity index (χ4n) is 3.37. The van der Waals surface area contributed by atoms with Crippen molar-refractivity contribution in [3.63, 3.8) is 0 Å². The molecule has 0 radical (unpaired) electrons. The van der Waals surface area contributed by atoms with E-state index in [0.29, 0.717) is 6.04 Å². The molecule has 0 aromatic rings. The van der Waals surface area contributed by atoms with Crippen molar-refractivity contribution in [3.05, 3.63) is 0 Å². The zero-order valence-electron chi connectivity index (χ0n) is 11.0. The van der Waals surface area contributed by atoms with Crippen molar-refractivity contribution in [1.82, 2.24) is 10.2 Å². The highest BCUT2D eigenvalue weighted by Crippen LogP contribution is 2.28. The summed E-state index contributed by atoms with van der Waals surface area (Å²) in [4.78, 5) is 14.5. The number of carbonyl (C=O) groups is 1. The fraction of sp³-hybridized carbons (Fsp3) is 0.929. The Morgan fingerprint density at radius 1 is 1.06 bits per heavy atom. The highest BCUT2D eigenvalue weighted by atomic mass is 16.3. The molecule has 3 atom stereocenters. The Bertz CT molecular complexity index is 317. The van der Waals surface area contributed by atoms with Gasteiger partial charge in [0.25, 0.3) is 0 Å². The van der Waals surface area contributed by atoms with Gasteiger partial charge >= 0.3 is 0 Å². The first-order chi connectivity index (χ1) is 8.75. The minimum atomic E-state index is -0.303. The third-order valence-corrected chi connectivity index (χ3v) is 4.58. The Morgan fingerprint density at radius 2 is 1.83 bits per heavy atom. The SMILES string of the molecule is O=C1C(NC2CC2)CCCN1C1CCCCC1O.